The highest BCUT2D eigenvalue weighted by molar-refractivity contribution is 7.13. The first-order valence-corrected chi connectivity index (χ1v) is 10.2. The average Bonchev–Trinajstić information content (AvgIpc) is 3.35. The molecule has 0 saturated carbocycles. The van der Waals surface area contributed by atoms with Gasteiger partial charge in [0.1, 0.15) is 0 Å². The Morgan fingerprint density at radius 3 is 2.85 bits per heavy atom. The average molecular weight is 381 g/mol. The van der Waals surface area contributed by atoms with Crippen LogP contribution in [-0.4, -0.2) is 40.1 Å². The van der Waals surface area contributed by atoms with Crippen LogP contribution in [0, 0.1) is 6.92 Å². The number of carbonyl (C=O) groups is 1. The second-order valence-corrected chi connectivity index (χ2v) is 8.10. The Balaban J connectivity index is 1.28. The third-order valence-electron chi connectivity index (χ3n) is 5.01. The molecular formula is C21H24N4OS. The molecule has 1 aromatic carbocycles. The third-order valence-corrected chi connectivity index (χ3v) is 5.91. The number of benzene rings is 1. The van der Waals surface area contributed by atoms with Crippen molar-refractivity contribution in [3.8, 4) is 10.6 Å². The van der Waals surface area contributed by atoms with E-state index in [0.717, 1.165) is 43.0 Å². The number of aromatic nitrogens is 2. The molecule has 0 atom stereocenters. The number of thiophene rings is 1. The monoisotopic (exact) mass is 380 g/mol. The van der Waals surface area contributed by atoms with E-state index in [1.54, 1.807) is 11.3 Å². The van der Waals surface area contributed by atoms with Crippen molar-refractivity contribution >= 4 is 17.2 Å². The molecule has 1 saturated heterocycles. The van der Waals surface area contributed by atoms with Crippen molar-refractivity contribution < 1.29 is 4.79 Å². The van der Waals surface area contributed by atoms with Crippen molar-refractivity contribution in [3.63, 3.8) is 0 Å². The molecule has 1 amide bonds. The molecule has 5 nitrogen and oxygen atoms in total. The van der Waals surface area contributed by atoms with Crippen LogP contribution in [0.25, 0.3) is 10.6 Å². The summed E-state index contributed by atoms with van der Waals surface area (Å²) in [6, 6.07) is 14.7. The molecule has 2 N–H and O–H groups in total. The first kappa shape index (κ1) is 17.9. The minimum absolute atomic E-state index is 0.0915. The largest absolute Gasteiger partial charge is 0.348 e. The van der Waals surface area contributed by atoms with Gasteiger partial charge in [0, 0.05) is 25.7 Å². The Hall–Kier alpha value is -2.44. The Kier molecular flexibility index (Phi) is 5.36. The van der Waals surface area contributed by atoms with Crippen molar-refractivity contribution in [1.82, 2.24) is 20.4 Å². The van der Waals surface area contributed by atoms with Gasteiger partial charge < -0.3 is 5.32 Å². The smallest absolute Gasteiger partial charge is 0.272 e. The van der Waals surface area contributed by atoms with Crippen LogP contribution in [-0.2, 0) is 6.54 Å². The molecule has 0 spiro atoms. The molecular weight excluding hydrogens is 356 g/mol. The summed E-state index contributed by atoms with van der Waals surface area (Å²) in [5.41, 5.74) is 4.01. The normalized spacial score (nSPS) is 15.7. The Labute approximate surface area is 163 Å². The molecule has 6 heteroatoms. The summed E-state index contributed by atoms with van der Waals surface area (Å²) in [5, 5.41) is 12.3. The number of aryl methyl sites for hydroxylation is 1. The van der Waals surface area contributed by atoms with E-state index in [1.165, 1.54) is 11.1 Å². The molecule has 3 aromatic rings. The topological polar surface area (TPSA) is 61.0 Å². The molecule has 1 fully saturated rings. The molecule has 0 unspecified atom stereocenters. The maximum absolute atomic E-state index is 12.5. The standard InChI is InChI=1S/C21H24N4OS/c1-15-4-2-5-16(12-15)14-25-9-7-17(8-10-25)22-21(26)19-13-18(23-24-19)20-6-3-11-27-20/h2-6,11-13,17H,7-10,14H2,1H3,(H,22,26)(H,23,24). The van der Waals surface area contributed by atoms with Crippen LogP contribution in [0.2, 0.25) is 0 Å². The summed E-state index contributed by atoms with van der Waals surface area (Å²) in [6.45, 7) is 5.11. The number of rotatable bonds is 5. The van der Waals surface area contributed by atoms with Gasteiger partial charge in [0.25, 0.3) is 5.91 Å². The predicted octanol–water partition coefficient (Wildman–Crippen LogP) is 3.84. The van der Waals surface area contributed by atoms with Crippen LogP contribution in [0.5, 0.6) is 0 Å². The molecule has 0 radical (unpaired) electrons. The number of piperidine rings is 1. The Bertz CT molecular complexity index is 895. The lowest BCUT2D eigenvalue weighted by molar-refractivity contribution is 0.0904. The summed E-state index contributed by atoms with van der Waals surface area (Å²) in [4.78, 5) is 16.1. The Morgan fingerprint density at radius 2 is 2.11 bits per heavy atom. The molecule has 1 aliphatic heterocycles. The summed E-state index contributed by atoms with van der Waals surface area (Å²) in [6.07, 6.45) is 1.94. The van der Waals surface area contributed by atoms with Gasteiger partial charge in [-0.3, -0.25) is 14.8 Å². The van der Waals surface area contributed by atoms with E-state index in [0.29, 0.717) is 5.69 Å². The van der Waals surface area contributed by atoms with Crippen molar-refractivity contribution in [2.45, 2.75) is 32.4 Å². The van der Waals surface area contributed by atoms with E-state index in [9.17, 15) is 4.79 Å². The van der Waals surface area contributed by atoms with E-state index in [4.69, 9.17) is 0 Å². The number of H-pyrrole nitrogens is 1. The maximum Gasteiger partial charge on any atom is 0.272 e. The van der Waals surface area contributed by atoms with Crippen LogP contribution >= 0.6 is 11.3 Å². The fraction of sp³-hybridized carbons (Fsp3) is 0.333. The number of amides is 1. The zero-order chi connectivity index (χ0) is 18.6. The number of nitrogens with zero attached hydrogens (tertiary/aromatic N) is 2. The highest BCUT2D eigenvalue weighted by atomic mass is 32.1. The zero-order valence-corrected chi connectivity index (χ0v) is 16.3. The quantitative estimate of drug-likeness (QED) is 0.707. The van der Waals surface area contributed by atoms with Crippen molar-refractivity contribution in [2.24, 2.45) is 0 Å². The molecule has 0 bridgehead atoms. The van der Waals surface area contributed by atoms with Crippen molar-refractivity contribution in [2.75, 3.05) is 13.1 Å². The van der Waals surface area contributed by atoms with Crippen LogP contribution in [0.4, 0.5) is 0 Å². The second kappa shape index (κ2) is 8.06. The highest BCUT2D eigenvalue weighted by Gasteiger charge is 2.22. The number of hydrogen-bond acceptors (Lipinski definition) is 4. The molecule has 1 aliphatic rings. The fourth-order valence-corrected chi connectivity index (χ4v) is 4.25. The summed E-state index contributed by atoms with van der Waals surface area (Å²) in [5.74, 6) is -0.0915. The van der Waals surface area contributed by atoms with Gasteiger partial charge in [0.2, 0.25) is 0 Å². The minimum Gasteiger partial charge on any atom is -0.348 e. The first-order valence-electron chi connectivity index (χ1n) is 9.35. The van der Waals surface area contributed by atoms with Gasteiger partial charge in [0.15, 0.2) is 5.69 Å². The van der Waals surface area contributed by atoms with Crippen molar-refractivity contribution in [1.29, 1.82) is 0 Å². The number of carbonyl (C=O) groups excluding carboxylic acids is 1. The van der Waals surface area contributed by atoms with Gasteiger partial charge in [0.05, 0.1) is 10.6 Å². The summed E-state index contributed by atoms with van der Waals surface area (Å²) in [7, 11) is 0. The van der Waals surface area contributed by atoms with E-state index in [2.05, 4.69) is 51.6 Å². The molecule has 4 rings (SSSR count). The van der Waals surface area contributed by atoms with Gasteiger partial charge in [-0.2, -0.15) is 5.10 Å². The highest BCUT2D eigenvalue weighted by Crippen LogP contribution is 2.23. The lowest BCUT2D eigenvalue weighted by atomic mass is 10.0. The lowest BCUT2D eigenvalue weighted by Gasteiger charge is -2.32. The summed E-state index contributed by atoms with van der Waals surface area (Å²) < 4.78 is 0. The fourth-order valence-electron chi connectivity index (χ4n) is 3.56. The molecule has 140 valence electrons. The van der Waals surface area contributed by atoms with Gasteiger partial charge in [-0.05, 0) is 42.8 Å². The van der Waals surface area contributed by atoms with E-state index >= 15 is 0 Å². The molecule has 0 aliphatic carbocycles. The van der Waals surface area contributed by atoms with E-state index < -0.39 is 0 Å². The van der Waals surface area contributed by atoms with Gasteiger partial charge in [-0.25, -0.2) is 0 Å². The number of nitrogens with one attached hydrogen (secondary N) is 2. The molecule has 3 heterocycles. The van der Waals surface area contributed by atoms with Gasteiger partial charge in [-0.15, -0.1) is 11.3 Å². The zero-order valence-electron chi connectivity index (χ0n) is 15.4. The predicted molar refractivity (Wildman–Crippen MR) is 109 cm³/mol. The second-order valence-electron chi connectivity index (χ2n) is 7.16. The lowest BCUT2D eigenvalue weighted by Crippen LogP contribution is -2.44. The number of aromatic amines is 1. The van der Waals surface area contributed by atoms with Crippen molar-refractivity contribution in [3.05, 3.63) is 64.7 Å². The third kappa shape index (κ3) is 4.46. The SMILES string of the molecule is Cc1cccc(CN2CCC(NC(=O)c3cc(-c4cccs4)[nH]n3)CC2)c1. The number of hydrogen-bond donors (Lipinski definition) is 2. The van der Waals surface area contributed by atoms with Gasteiger partial charge >= 0.3 is 0 Å². The molecule has 27 heavy (non-hydrogen) atoms. The molecule has 2 aromatic heterocycles. The maximum atomic E-state index is 12.5. The summed E-state index contributed by atoms with van der Waals surface area (Å²) >= 11 is 1.63. The first-order chi connectivity index (χ1) is 13.2. The van der Waals surface area contributed by atoms with Crippen LogP contribution in [0.1, 0.15) is 34.5 Å². The van der Waals surface area contributed by atoms with E-state index in [1.807, 2.05) is 23.6 Å². The minimum atomic E-state index is -0.0915. The van der Waals surface area contributed by atoms with Crippen LogP contribution in [0.3, 0.4) is 0 Å². The van der Waals surface area contributed by atoms with Gasteiger partial charge in [-0.1, -0.05) is 35.9 Å². The van der Waals surface area contributed by atoms with Crippen LogP contribution < -0.4 is 5.32 Å². The Morgan fingerprint density at radius 1 is 1.26 bits per heavy atom. The van der Waals surface area contributed by atoms with E-state index in [-0.39, 0.29) is 11.9 Å². The number of likely N-dealkylation sites (tertiary alicyclic amines) is 1. The van der Waals surface area contributed by atoms with Crippen LogP contribution in [0.15, 0.2) is 47.8 Å².